The quantitative estimate of drug-likeness (QED) is 0.667. The van der Waals surface area contributed by atoms with Crippen LogP contribution in [0.4, 0.5) is 5.69 Å². The summed E-state index contributed by atoms with van der Waals surface area (Å²) in [7, 11) is 0. The van der Waals surface area contributed by atoms with E-state index in [1.165, 1.54) is 23.1 Å². The molecule has 2 N–H and O–H groups in total. The minimum absolute atomic E-state index is 0. The third-order valence-electron chi connectivity index (χ3n) is 2.91. The van der Waals surface area contributed by atoms with Gasteiger partial charge in [-0.2, -0.15) is 0 Å². The second kappa shape index (κ2) is 6.18. The van der Waals surface area contributed by atoms with Gasteiger partial charge in [0.1, 0.15) is 5.56 Å². The van der Waals surface area contributed by atoms with Gasteiger partial charge in [-0.15, -0.1) is 12.4 Å². The average Bonchev–Trinajstić information content (AvgIpc) is 2.74. The second-order valence-corrected chi connectivity index (χ2v) is 4.60. The van der Waals surface area contributed by atoms with E-state index in [-0.39, 0.29) is 34.7 Å². The van der Waals surface area contributed by atoms with E-state index >= 15 is 0 Å². The van der Waals surface area contributed by atoms with Crippen LogP contribution in [0.15, 0.2) is 18.2 Å². The summed E-state index contributed by atoms with van der Waals surface area (Å²) in [6.07, 6.45) is 0.698. The van der Waals surface area contributed by atoms with Crippen LogP contribution < -0.4 is 5.73 Å². The van der Waals surface area contributed by atoms with Crippen molar-refractivity contribution in [2.75, 3.05) is 13.1 Å². The zero-order valence-electron chi connectivity index (χ0n) is 9.91. The third-order valence-corrected chi connectivity index (χ3v) is 3.23. The van der Waals surface area contributed by atoms with E-state index in [9.17, 15) is 14.9 Å². The van der Waals surface area contributed by atoms with Crippen LogP contribution in [0.3, 0.4) is 0 Å². The molecular formula is C11H13Cl2N3O3. The summed E-state index contributed by atoms with van der Waals surface area (Å²) in [5.74, 6) is -0.430. The number of amides is 1. The van der Waals surface area contributed by atoms with Gasteiger partial charge in [0.25, 0.3) is 11.6 Å². The number of nitrogens with two attached hydrogens (primary N) is 1. The molecule has 1 saturated heterocycles. The maximum absolute atomic E-state index is 12.2. The summed E-state index contributed by atoms with van der Waals surface area (Å²) in [4.78, 5) is 24.0. The van der Waals surface area contributed by atoms with Crippen molar-refractivity contribution in [2.24, 2.45) is 5.73 Å². The molecule has 8 heteroatoms. The highest BCUT2D eigenvalue weighted by Crippen LogP contribution is 2.28. The first-order valence-electron chi connectivity index (χ1n) is 5.48. The van der Waals surface area contributed by atoms with Crippen molar-refractivity contribution in [1.82, 2.24) is 4.90 Å². The van der Waals surface area contributed by atoms with Crippen LogP contribution in [-0.4, -0.2) is 34.9 Å². The molecule has 0 radical (unpaired) electrons. The molecule has 1 aliphatic heterocycles. The summed E-state index contributed by atoms with van der Waals surface area (Å²) in [5.41, 5.74) is 5.39. The van der Waals surface area contributed by atoms with Crippen molar-refractivity contribution in [2.45, 2.75) is 12.5 Å². The Kier molecular flexibility index (Phi) is 5.11. The Labute approximate surface area is 121 Å². The van der Waals surface area contributed by atoms with Crippen molar-refractivity contribution < 1.29 is 9.72 Å². The number of carbonyl (C=O) groups is 1. The number of carbonyl (C=O) groups excluding carboxylic acids is 1. The molecule has 19 heavy (non-hydrogen) atoms. The summed E-state index contributed by atoms with van der Waals surface area (Å²) in [6, 6.07) is 4.12. The zero-order valence-corrected chi connectivity index (χ0v) is 11.5. The SMILES string of the molecule is Cl.N[C@H]1CCN(C(=O)c2c(Cl)cccc2[N+](=O)[O-])C1. The molecule has 0 spiro atoms. The van der Waals surface area contributed by atoms with E-state index in [0.717, 1.165) is 0 Å². The van der Waals surface area contributed by atoms with Crippen LogP contribution in [0, 0.1) is 10.1 Å². The van der Waals surface area contributed by atoms with Crippen LogP contribution in [0.5, 0.6) is 0 Å². The number of nitro groups is 1. The average molecular weight is 306 g/mol. The lowest BCUT2D eigenvalue weighted by molar-refractivity contribution is -0.385. The largest absolute Gasteiger partial charge is 0.337 e. The molecule has 2 rings (SSSR count). The Morgan fingerprint density at radius 1 is 1.53 bits per heavy atom. The maximum Gasteiger partial charge on any atom is 0.283 e. The summed E-state index contributed by atoms with van der Waals surface area (Å²) in [6.45, 7) is 0.906. The van der Waals surface area contributed by atoms with Gasteiger partial charge in [-0.05, 0) is 12.5 Å². The fraction of sp³-hybridized carbons (Fsp3) is 0.364. The fourth-order valence-electron chi connectivity index (χ4n) is 2.01. The molecule has 1 fully saturated rings. The first kappa shape index (κ1) is 15.7. The minimum atomic E-state index is -0.602. The standard InChI is InChI=1S/C11H12ClN3O3.ClH/c12-8-2-1-3-9(15(17)18)10(8)11(16)14-5-4-7(13)6-14;/h1-3,7H,4-6,13H2;1H/t7-;/m0./s1. The van der Waals surface area contributed by atoms with Crippen LogP contribution in [0.2, 0.25) is 5.02 Å². The molecule has 0 saturated carbocycles. The van der Waals surface area contributed by atoms with Crippen LogP contribution in [-0.2, 0) is 0 Å². The van der Waals surface area contributed by atoms with Gasteiger partial charge >= 0.3 is 0 Å². The monoisotopic (exact) mass is 305 g/mol. The highest BCUT2D eigenvalue weighted by molar-refractivity contribution is 6.34. The van der Waals surface area contributed by atoms with Crippen LogP contribution >= 0.6 is 24.0 Å². The number of halogens is 2. The van der Waals surface area contributed by atoms with Crippen LogP contribution in [0.25, 0.3) is 0 Å². The van der Waals surface area contributed by atoms with Crippen molar-refractivity contribution in [3.63, 3.8) is 0 Å². The number of benzene rings is 1. The van der Waals surface area contributed by atoms with Gasteiger partial charge in [-0.1, -0.05) is 17.7 Å². The predicted molar refractivity (Wildman–Crippen MR) is 73.9 cm³/mol. The third kappa shape index (κ3) is 3.15. The normalized spacial score (nSPS) is 18.0. The van der Waals surface area contributed by atoms with Crippen molar-refractivity contribution >= 4 is 35.6 Å². The molecule has 0 aliphatic carbocycles. The van der Waals surface area contributed by atoms with E-state index in [0.29, 0.717) is 19.5 Å². The molecule has 1 amide bonds. The number of rotatable bonds is 2. The first-order valence-corrected chi connectivity index (χ1v) is 5.86. The lowest BCUT2D eigenvalue weighted by atomic mass is 10.1. The molecule has 0 unspecified atom stereocenters. The Morgan fingerprint density at radius 3 is 2.74 bits per heavy atom. The van der Waals surface area contributed by atoms with Gasteiger partial charge in [0.15, 0.2) is 0 Å². The molecule has 0 aromatic heterocycles. The van der Waals surface area contributed by atoms with Crippen molar-refractivity contribution in [3.8, 4) is 0 Å². The topological polar surface area (TPSA) is 89.5 Å². The molecule has 1 aromatic carbocycles. The van der Waals surface area contributed by atoms with E-state index in [2.05, 4.69) is 0 Å². The Morgan fingerprint density at radius 2 is 2.21 bits per heavy atom. The van der Waals surface area contributed by atoms with Gasteiger partial charge in [0.05, 0.1) is 9.95 Å². The Hall–Kier alpha value is -1.37. The Bertz CT molecular complexity index is 510. The molecule has 1 aromatic rings. The van der Waals surface area contributed by atoms with Crippen LogP contribution in [0.1, 0.15) is 16.8 Å². The predicted octanol–water partition coefficient (Wildman–Crippen LogP) is 1.84. The Balaban J connectivity index is 0.00000180. The van der Waals surface area contributed by atoms with Gasteiger partial charge < -0.3 is 10.6 Å². The molecule has 1 atom stereocenters. The number of likely N-dealkylation sites (tertiary alicyclic amines) is 1. The molecular weight excluding hydrogens is 293 g/mol. The van der Waals surface area contributed by atoms with E-state index in [1.807, 2.05) is 0 Å². The molecule has 6 nitrogen and oxygen atoms in total. The van der Waals surface area contributed by atoms with E-state index in [4.69, 9.17) is 17.3 Å². The van der Waals surface area contributed by atoms with Gasteiger partial charge in [-0.25, -0.2) is 0 Å². The molecule has 104 valence electrons. The summed E-state index contributed by atoms with van der Waals surface area (Å²) < 4.78 is 0. The summed E-state index contributed by atoms with van der Waals surface area (Å²) >= 11 is 5.90. The lowest BCUT2D eigenvalue weighted by Gasteiger charge is -2.16. The van der Waals surface area contributed by atoms with Gasteiger partial charge in [0.2, 0.25) is 0 Å². The number of hydrogen-bond donors (Lipinski definition) is 1. The number of nitro benzene ring substituents is 1. The first-order chi connectivity index (χ1) is 8.50. The fourth-order valence-corrected chi connectivity index (χ4v) is 2.26. The number of nitrogens with zero attached hydrogens (tertiary/aromatic N) is 2. The summed E-state index contributed by atoms with van der Waals surface area (Å²) in [5, 5.41) is 11.0. The smallest absolute Gasteiger partial charge is 0.283 e. The zero-order chi connectivity index (χ0) is 13.3. The minimum Gasteiger partial charge on any atom is -0.337 e. The van der Waals surface area contributed by atoms with Gasteiger partial charge in [-0.3, -0.25) is 14.9 Å². The second-order valence-electron chi connectivity index (χ2n) is 4.19. The van der Waals surface area contributed by atoms with Gasteiger partial charge in [0, 0.05) is 25.2 Å². The highest BCUT2D eigenvalue weighted by Gasteiger charge is 2.31. The van der Waals surface area contributed by atoms with E-state index < -0.39 is 10.8 Å². The molecule has 0 bridgehead atoms. The number of hydrogen-bond acceptors (Lipinski definition) is 4. The van der Waals surface area contributed by atoms with E-state index in [1.54, 1.807) is 0 Å². The van der Waals surface area contributed by atoms with Crippen molar-refractivity contribution in [3.05, 3.63) is 38.9 Å². The highest BCUT2D eigenvalue weighted by atomic mass is 35.5. The lowest BCUT2D eigenvalue weighted by Crippen LogP contribution is -2.32. The van der Waals surface area contributed by atoms with Crippen molar-refractivity contribution in [1.29, 1.82) is 0 Å². The molecule has 1 heterocycles. The maximum atomic E-state index is 12.2. The molecule has 1 aliphatic rings.